The fraction of sp³-hybridized carbons (Fsp3) is 0.0833. The number of hydrogen-bond acceptors (Lipinski definition) is 3. The topological polar surface area (TPSA) is 63.1 Å². The Balaban J connectivity index is 2.44. The molecule has 0 aliphatic rings. The highest BCUT2D eigenvalue weighted by Crippen LogP contribution is 2.20. The Hall–Kier alpha value is -2.23. The number of carboxylic acids is 1. The van der Waals surface area contributed by atoms with Gasteiger partial charge in [-0.1, -0.05) is 30.3 Å². The first kappa shape index (κ1) is 10.3. The highest BCUT2D eigenvalue weighted by molar-refractivity contribution is 5.79. The van der Waals surface area contributed by atoms with Crippen molar-refractivity contribution >= 4 is 5.97 Å². The molecule has 80 valence electrons. The second kappa shape index (κ2) is 4.53. The number of carbonyl (C=O) groups is 1. The second-order valence-electron chi connectivity index (χ2n) is 3.29. The lowest BCUT2D eigenvalue weighted by atomic mass is 9.98. The number of aliphatic carboxylic acids is 1. The van der Waals surface area contributed by atoms with E-state index in [4.69, 9.17) is 0 Å². The van der Waals surface area contributed by atoms with Crippen molar-refractivity contribution in [1.82, 2.24) is 9.97 Å². The summed E-state index contributed by atoms with van der Waals surface area (Å²) in [6.45, 7) is 0. The molecular formula is C12H10N2O2. The number of carboxylic acid groups (broad SMARTS) is 1. The van der Waals surface area contributed by atoms with Gasteiger partial charge in [0.05, 0.1) is 0 Å². The molecule has 0 saturated carbocycles. The minimum absolute atomic E-state index is 0.307. The number of nitrogens with zero attached hydrogens (tertiary/aromatic N) is 2. The fourth-order valence-corrected chi connectivity index (χ4v) is 1.51. The van der Waals surface area contributed by atoms with Crippen LogP contribution in [-0.2, 0) is 4.79 Å². The fourth-order valence-electron chi connectivity index (χ4n) is 1.51. The van der Waals surface area contributed by atoms with Crippen molar-refractivity contribution in [2.75, 3.05) is 0 Å². The maximum absolute atomic E-state index is 11.2. The van der Waals surface area contributed by atoms with Gasteiger partial charge < -0.3 is 5.11 Å². The van der Waals surface area contributed by atoms with Gasteiger partial charge in [0, 0.05) is 12.4 Å². The van der Waals surface area contributed by atoms with Gasteiger partial charge in [0.15, 0.2) is 0 Å². The van der Waals surface area contributed by atoms with Crippen molar-refractivity contribution in [3.63, 3.8) is 0 Å². The zero-order valence-electron chi connectivity index (χ0n) is 8.45. The molecule has 4 nitrogen and oxygen atoms in total. The first-order valence-electron chi connectivity index (χ1n) is 4.83. The lowest BCUT2D eigenvalue weighted by molar-refractivity contribution is -0.137. The lowest BCUT2D eigenvalue weighted by Crippen LogP contribution is -2.15. The van der Waals surface area contributed by atoms with Gasteiger partial charge in [0.1, 0.15) is 11.7 Å². The van der Waals surface area contributed by atoms with E-state index in [0.29, 0.717) is 11.4 Å². The van der Waals surface area contributed by atoms with Crippen molar-refractivity contribution < 1.29 is 9.90 Å². The van der Waals surface area contributed by atoms with Crippen LogP contribution in [-0.4, -0.2) is 21.0 Å². The molecule has 16 heavy (non-hydrogen) atoms. The van der Waals surface area contributed by atoms with Crippen LogP contribution in [0.15, 0.2) is 48.8 Å². The van der Waals surface area contributed by atoms with Crippen LogP contribution < -0.4 is 0 Å². The van der Waals surface area contributed by atoms with Crippen LogP contribution in [0.2, 0.25) is 0 Å². The van der Waals surface area contributed by atoms with Gasteiger partial charge in [-0.25, -0.2) is 9.97 Å². The SMILES string of the molecule is O=C(O)C(c1ccccc1)c1ncccn1. The molecule has 0 fully saturated rings. The van der Waals surface area contributed by atoms with E-state index in [1.54, 1.807) is 42.7 Å². The molecule has 1 aromatic heterocycles. The molecule has 0 aliphatic carbocycles. The van der Waals surface area contributed by atoms with E-state index in [0.717, 1.165) is 0 Å². The molecule has 0 bridgehead atoms. The number of rotatable bonds is 3. The molecule has 0 radical (unpaired) electrons. The Morgan fingerprint density at radius 3 is 2.25 bits per heavy atom. The molecule has 0 spiro atoms. The quantitative estimate of drug-likeness (QED) is 0.844. The van der Waals surface area contributed by atoms with Crippen LogP contribution >= 0.6 is 0 Å². The van der Waals surface area contributed by atoms with E-state index in [2.05, 4.69) is 9.97 Å². The van der Waals surface area contributed by atoms with Gasteiger partial charge in [-0.3, -0.25) is 4.79 Å². The zero-order chi connectivity index (χ0) is 11.4. The Kier molecular flexibility index (Phi) is 2.91. The van der Waals surface area contributed by atoms with E-state index in [1.165, 1.54) is 0 Å². The van der Waals surface area contributed by atoms with Gasteiger partial charge in [-0.15, -0.1) is 0 Å². The van der Waals surface area contributed by atoms with Crippen molar-refractivity contribution in [3.8, 4) is 0 Å². The Labute approximate surface area is 92.6 Å². The van der Waals surface area contributed by atoms with E-state index in [9.17, 15) is 9.90 Å². The summed E-state index contributed by atoms with van der Waals surface area (Å²) >= 11 is 0. The summed E-state index contributed by atoms with van der Waals surface area (Å²) in [6, 6.07) is 10.6. The molecule has 0 amide bonds. The van der Waals surface area contributed by atoms with E-state index < -0.39 is 11.9 Å². The lowest BCUT2D eigenvalue weighted by Gasteiger charge is -2.10. The molecule has 1 N–H and O–H groups in total. The third-order valence-electron chi connectivity index (χ3n) is 2.22. The normalized spacial score (nSPS) is 12.0. The first-order valence-corrected chi connectivity index (χ1v) is 4.83. The monoisotopic (exact) mass is 214 g/mol. The van der Waals surface area contributed by atoms with Crippen molar-refractivity contribution in [2.45, 2.75) is 5.92 Å². The van der Waals surface area contributed by atoms with Gasteiger partial charge >= 0.3 is 5.97 Å². The molecule has 4 heteroatoms. The van der Waals surface area contributed by atoms with Crippen molar-refractivity contribution in [2.24, 2.45) is 0 Å². The Bertz CT molecular complexity index is 431. The summed E-state index contributed by atoms with van der Waals surface area (Å²) in [6.07, 6.45) is 3.09. The van der Waals surface area contributed by atoms with Crippen LogP contribution in [0, 0.1) is 0 Å². The van der Waals surface area contributed by atoms with Gasteiger partial charge in [-0.05, 0) is 11.6 Å². The number of aromatic nitrogens is 2. The summed E-state index contributed by atoms with van der Waals surface area (Å²) in [7, 11) is 0. The van der Waals surface area contributed by atoms with Gasteiger partial charge in [-0.2, -0.15) is 0 Å². The predicted octanol–water partition coefficient (Wildman–Crippen LogP) is 1.69. The zero-order valence-corrected chi connectivity index (χ0v) is 8.45. The summed E-state index contributed by atoms with van der Waals surface area (Å²) in [5, 5.41) is 9.20. The Morgan fingerprint density at radius 1 is 1.06 bits per heavy atom. The summed E-state index contributed by atoms with van der Waals surface area (Å²) in [4.78, 5) is 19.2. The third kappa shape index (κ3) is 2.06. The second-order valence-corrected chi connectivity index (χ2v) is 3.29. The molecule has 1 heterocycles. The van der Waals surface area contributed by atoms with Crippen molar-refractivity contribution in [1.29, 1.82) is 0 Å². The summed E-state index contributed by atoms with van der Waals surface area (Å²) < 4.78 is 0. The molecule has 2 rings (SSSR count). The van der Waals surface area contributed by atoms with Gasteiger partial charge in [0.25, 0.3) is 0 Å². The van der Waals surface area contributed by atoms with Crippen LogP contribution in [0.4, 0.5) is 0 Å². The van der Waals surface area contributed by atoms with E-state index in [-0.39, 0.29) is 0 Å². The standard InChI is InChI=1S/C12H10N2O2/c15-12(16)10(9-5-2-1-3-6-9)11-13-7-4-8-14-11/h1-8,10H,(H,15,16). The van der Waals surface area contributed by atoms with Crippen LogP contribution in [0.25, 0.3) is 0 Å². The van der Waals surface area contributed by atoms with Crippen LogP contribution in [0.5, 0.6) is 0 Å². The molecule has 2 aromatic rings. The van der Waals surface area contributed by atoms with Crippen molar-refractivity contribution in [3.05, 3.63) is 60.2 Å². The highest BCUT2D eigenvalue weighted by atomic mass is 16.4. The highest BCUT2D eigenvalue weighted by Gasteiger charge is 2.24. The maximum Gasteiger partial charge on any atom is 0.318 e. The summed E-state index contributed by atoms with van der Waals surface area (Å²) in [5.74, 6) is -1.44. The smallest absolute Gasteiger partial charge is 0.318 e. The summed E-state index contributed by atoms with van der Waals surface area (Å²) in [5.41, 5.74) is 0.682. The average molecular weight is 214 g/mol. The number of benzene rings is 1. The largest absolute Gasteiger partial charge is 0.480 e. The van der Waals surface area contributed by atoms with Crippen LogP contribution in [0.3, 0.4) is 0 Å². The molecule has 1 atom stereocenters. The molecule has 0 saturated heterocycles. The van der Waals surface area contributed by atoms with E-state index >= 15 is 0 Å². The average Bonchev–Trinajstić information content (AvgIpc) is 2.31. The minimum atomic E-state index is -0.947. The third-order valence-corrected chi connectivity index (χ3v) is 2.22. The minimum Gasteiger partial charge on any atom is -0.480 e. The molecule has 1 aromatic carbocycles. The molecular weight excluding hydrogens is 204 g/mol. The van der Waals surface area contributed by atoms with E-state index in [1.807, 2.05) is 6.07 Å². The maximum atomic E-state index is 11.2. The predicted molar refractivity (Wildman–Crippen MR) is 58.0 cm³/mol. The van der Waals surface area contributed by atoms with Crippen LogP contribution in [0.1, 0.15) is 17.3 Å². The first-order chi connectivity index (χ1) is 7.79. The molecule has 0 aliphatic heterocycles. The Morgan fingerprint density at radius 2 is 1.69 bits per heavy atom. The number of hydrogen-bond donors (Lipinski definition) is 1. The molecule has 1 unspecified atom stereocenters. The van der Waals surface area contributed by atoms with Gasteiger partial charge in [0.2, 0.25) is 0 Å².